The van der Waals surface area contributed by atoms with Crippen LogP contribution in [0.3, 0.4) is 0 Å². The highest BCUT2D eigenvalue weighted by molar-refractivity contribution is 5.94. The zero-order valence-electron chi connectivity index (χ0n) is 13.0. The summed E-state index contributed by atoms with van der Waals surface area (Å²) in [5.41, 5.74) is 2.63. The molecule has 0 radical (unpaired) electrons. The van der Waals surface area contributed by atoms with E-state index >= 15 is 0 Å². The van der Waals surface area contributed by atoms with Gasteiger partial charge in [0.25, 0.3) is 11.8 Å². The Hall–Kier alpha value is -3.29. The van der Waals surface area contributed by atoms with Crippen LogP contribution in [-0.2, 0) is 4.79 Å². The summed E-state index contributed by atoms with van der Waals surface area (Å²) in [7, 11) is 0. The van der Waals surface area contributed by atoms with Gasteiger partial charge in [0.05, 0.1) is 25.6 Å². The van der Waals surface area contributed by atoms with Gasteiger partial charge in [-0.25, -0.2) is 5.43 Å². The zero-order valence-corrected chi connectivity index (χ0v) is 13.0. The fourth-order valence-corrected chi connectivity index (χ4v) is 1.78. The summed E-state index contributed by atoms with van der Waals surface area (Å²) in [6, 6.07) is 7.99. The van der Waals surface area contributed by atoms with Crippen LogP contribution in [0.5, 0.6) is 11.5 Å². The van der Waals surface area contributed by atoms with E-state index in [1.165, 1.54) is 18.5 Å². The van der Waals surface area contributed by atoms with E-state index in [0.717, 1.165) is 0 Å². The summed E-state index contributed by atoms with van der Waals surface area (Å²) in [5.74, 6) is -0.640. The molecule has 0 atom stereocenters. The standard InChI is InChI=1S/C16H17N3O5/c1-2-23-12-6-3-5-11(15(12)21)9-18-19-14(20)10-17-16(22)13-7-4-8-24-13/h3-9,21H,2,10H2,1H3,(H,17,22)(H,19,20)/b18-9+. The number of phenolic OH excluding ortho intramolecular Hbond substituents is 1. The largest absolute Gasteiger partial charge is 0.504 e. The number of amides is 2. The van der Waals surface area contributed by atoms with Crippen molar-refractivity contribution in [3.8, 4) is 11.5 Å². The van der Waals surface area contributed by atoms with Crippen molar-refractivity contribution < 1.29 is 23.8 Å². The molecule has 0 aliphatic heterocycles. The van der Waals surface area contributed by atoms with Gasteiger partial charge in [-0.2, -0.15) is 5.10 Å². The predicted molar refractivity (Wildman–Crippen MR) is 86.1 cm³/mol. The quantitative estimate of drug-likeness (QED) is 0.522. The number of hydrogen-bond acceptors (Lipinski definition) is 6. The minimum atomic E-state index is -0.522. The molecule has 8 nitrogen and oxygen atoms in total. The van der Waals surface area contributed by atoms with Crippen LogP contribution in [0.1, 0.15) is 23.0 Å². The van der Waals surface area contributed by atoms with Gasteiger partial charge in [0.2, 0.25) is 0 Å². The Balaban J connectivity index is 1.84. The number of carbonyl (C=O) groups is 2. The number of nitrogens with zero attached hydrogens (tertiary/aromatic N) is 1. The number of hydrogen-bond donors (Lipinski definition) is 3. The summed E-state index contributed by atoms with van der Waals surface area (Å²) >= 11 is 0. The topological polar surface area (TPSA) is 113 Å². The number of nitrogens with one attached hydrogen (secondary N) is 2. The molecule has 0 aliphatic carbocycles. The third-order valence-corrected chi connectivity index (χ3v) is 2.88. The van der Waals surface area contributed by atoms with Crippen LogP contribution >= 0.6 is 0 Å². The second kappa shape index (κ2) is 8.37. The van der Waals surface area contributed by atoms with Crippen molar-refractivity contribution in [2.24, 2.45) is 5.10 Å². The molecule has 0 bridgehead atoms. The first kappa shape index (κ1) is 17.1. The van der Waals surface area contributed by atoms with Crippen molar-refractivity contribution in [3.63, 3.8) is 0 Å². The molecule has 24 heavy (non-hydrogen) atoms. The molecule has 2 rings (SSSR count). The first-order valence-electron chi connectivity index (χ1n) is 7.20. The molecule has 2 amide bonds. The Morgan fingerprint density at radius 1 is 1.33 bits per heavy atom. The van der Waals surface area contributed by atoms with Crippen LogP contribution < -0.4 is 15.5 Å². The van der Waals surface area contributed by atoms with Crippen molar-refractivity contribution in [2.75, 3.05) is 13.2 Å². The number of benzene rings is 1. The Bertz CT molecular complexity index is 725. The van der Waals surface area contributed by atoms with Crippen molar-refractivity contribution in [1.82, 2.24) is 10.7 Å². The number of hydrazone groups is 1. The van der Waals surface area contributed by atoms with Gasteiger partial charge < -0.3 is 19.6 Å². The van der Waals surface area contributed by atoms with E-state index in [2.05, 4.69) is 15.8 Å². The molecule has 8 heteroatoms. The third kappa shape index (κ3) is 4.60. The first-order valence-corrected chi connectivity index (χ1v) is 7.20. The summed E-state index contributed by atoms with van der Waals surface area (Å²) in [5, 5.41) is 16.1. The maximum atomic E-state index is 11.6. The van der Waals surface area contributed by atoms with E-state index in [-0.39, 0.29) is 18.1 Å². The molecule has 0 saturated heterocycles. The van der Waals surface area contributed by atoms with Gasteiger partial charge in [0, 0.05) is 5.56 Å². The number of carbonyl (C=O) groups excluding carboxylic acids is 2. The number of rotatable bonds is 7. The van der Waals surface area contributed by atoms with Gasteiger partial charge in [0.15, 0.2) is 17.3 Å². The summed E-state index contributed by atoms with van der Waals surface area (Å²) in [6.45, 7) is 1.96. The molecular formula is C16H17N3O5. The van der Waals surface area contributed by atoms with Crippen molar-refractivity contribution in [3.05, 3.63) is 47.9 Å². The second-order valence-corrected chi connectivity index (χ2v) is 4.58. The molecular weight excluding hydrogens is 314 g/mol. The Morgan fingerprint density at radius 3 is 2.88 bits per heavy atom. The lowest BCUT2D eigenvalue weighted by Gasteiger charge is -2.07. The van der Waals surface area contributed by atoms with E-state index in [0.29, 0.717) is 17.9 Å². The van der Waals surface area contributed by atoms with Crippen LogP contribution in [0.15, 0.2) is 46.1 Å². The molecule has 0 saturated carbocycles. The second-order valence-electron chi connectivity index (χ2n) is 4.58. The Labute approximate surface area is 138 Å². The smallest absolute Gasteiger partial charge is 0.287 e. The molecule has 1 aromatic carbocycles. The van der Waals surface area contributed by atoms with Crippen LogP contribution in [-0.4, -0.2) is 36.3 Å². The van der Waals surface area contributed by atoms with Gasteiger partial charge >= 0.3 is 0 Å². The Kier molecular flexibility index (Phi) is 5.95. The van der Waals surface area contributed by atoms with Crippen molar-refractivity contribution >= 4 is 18.0 Å². The van der Waals surface area contributed by atoms with Crippen molar-refractivity contribution in [1.29, 1.82) is 0 Å². The highest BCUT2D eigenvalue weighted by Gasteiger charge is 2.10. The maximum Gasteiger partial charge on any atom is 0.287 e. The average molecular weight is 331 g/mol. The predicted octanol–water partition coefficient (Wildman–Crippen LogP) is 1.26. The number of ether oxygens (including phenoxy) is 1. The summed E-state index contributed by atoms with van der Waals surface area (Å²) < 4.78 is 10.1. The molecule has 0 spiro atoms. The normalized spacial score (nSPS) is 10.5. The van der Waals surface area contributed by atoms with Crippen LogP contribution in [0.4, 0.5) is 0 Å². The van der Waals surface area contributed by atoms with E-state index in [1.807, 2.05) is 0 Å². The lowest BCUT2D eigenvalue weighted by Crippen LogP contribution is -2.34. The lowest BCUT2D eigenvalue weighted by molar-refractivity contribution is -0.120. The molecule has 0 fully saturated rings. The number of aromatic hydroxyl groups is 1. The van der Waals surface area contributed by atoms with E-state index in [4.69, 9.17) is 9.15 Å². The number of phenols is 1. The van der Waals surface area contributed by atoms with E-state index in [1.54, 1.807) is 31.2 Å². The van der Waals surface area contributed by atoms with Gasteiger partial charge in [-0.3, -0.25) is 9.59 Å². The zero-order chi connectivity index (χ0) is 17.4. The van der Waals surface area contributed by atoms with Crippen molar-refractivity contribution in [2.45, 2.75) is 6.92 Å². The van der Waals surface area contributed by atoms with Gasteiger partial charge in [-0.15, -0.1) is 0 Å². The molecule has 126 valence electrons. The monoisotopic (exact) mass is 331 g/mol. The Morgan fingerprint density at radius 2 is 2.17 bits per heavy atom. The SMILES string of the molecule is CCOc1cccc(/C=N/NC(=O)CNC(=O)c2ccco2)c1O. The molecule has 3 N–H and O–H groups in total. The maximum absolute atomic E-state index is 11.6. The average Bonchev–Trinajstić information content (AvgIpc) is 3.11. The van der Waals surface area contributed by atoms with Gasteiger partial charge in [0.1, 0.15) is 0 Å². The molecule has 1 heterocycles. The summed E-state index contributed by atoms with van der Waals surface area (Å²) in [4.78, 5) is 23.2. The first-order chi connectivity index (χ1) is 11.6. The molecule has 2 aromatic rings. The fourth-order valence-electron chi connectivity index (χ4n) is 1.78. The number of furan rings is 1. The number of para-hydroxylation sites is 1. The van der Waals surface area contributed by atoms with Crippen LogP contribution in [0, 0.1) is 0 Å². The lowest BCUT2D eigenvalue weighted by atomic mass is 10.2. The van der Waals surface area contributed by atoms with Gasteiger partial charge in [-0.1, -0.05) is 6.07 Å². The fraction of sp³-hybridized carbons (Fsp3) is 0.188. The highest BCUT2D eigenvalue weighted by Crippen LogP contribution is 2.28. The molecule has 0 unspecified atom stereocenters. The summed E-state index contributed by atoms with van der Waals surface area (Å²) in [6.07, 6.45) is 2.65. The van der Waals surface area contributed by atoms with Gasteiger partial charge in [-0.05, 0) is 31.2 Å². The minimum absolute atomic E-state index is 0.0662. The van der Waals surface area contributed by atoms with E-state index in [9.17, 15) is 14.7 Å². The third-order valence-electron chi connectivity index (χ3n) is 2.88. The molecule has 0 aliphatic rings. The van der Waals surface area contributed by atoms with E-state index < -0.39 is 11.8 Å². The van der Waals surface area contributed by atoms with Crippen LogP contribution in [0.2, 0.25) is 0 Å². The van der Waals surface area contributed by atoms with Crippen LogP contribution in [0.25, 0.3) is 0 Å². The minimum Gasteiger partial charge on any atom is -0.504 e. The molecule has 1 aromatic heterocycles. The highest BCUT2D eigenvalue weighted by atomic mass is 16.5.